The molecule has 0 amide bonds. The first-order valence-electron chi connectivity index (χ1n) is 5.93. The molecule has 0 radical (unpaired) electrons. The molecule has 0 aromatic carbocycles. The fourth-order valence-corrected chi connectivity index (χ4v) is 2.82. The lowest BCUT2D eigenvalue weighted by Crippen LogP contribution is -2.45. The molecular formula is C12H19BrN2O. The van der Waals surface area contributed by atoms with Crippen molar-refractivity contribution in [3.05, 3.63) is 22.6 Å². The molecule has 2 heterocycles. The molecule has 0 aliphatic carbocycles. The quantitative estimate of drug-likeness (QED) is 0.929. The van der Waals surface area contributed by atoms with Crippen LogP contribution in [0.5, 0.6) is 0 Å². The average Bonchev–Trinajstić information content (AvgIpc) is 2.75. The molecule has 2 rings (SSSR count). The summed E-state index contributed by atoms with van der Waals surface area (Å²) in [5, 5.41) is 0. The smallest absolute Gasteiger partial charge is 0.169 e. The zero-order valence-electron chi connectivity index (χ0n) is 9.66. The van der Waals surface area contributed by atoms with E-state index in [1.54, 1.807) is 0 Å². The second kappa shape index (κ2) is 5.34. The normalized spacial score (nSPS) is 24.6. The standard InChI is InChI=1S/C12H19BrN2O/c1-9(11-5-6-12(13)16-11)15-7-3-2-4-10(15)8-14/h5-6,9-10H,2-4,7-8,14H2,1H3. The van der Waals surface area contributed by atoms with E-state index in [1.807, 2.05) is 12.1 Å². The molecule has 1 aromatic rings. The molecule has 90 valence electrons. The molecule has 1 fully saturated rings. The van der Waals surface area contributed by atoms with Gasteiger partial charge in [-0.25, -0.2) is 0 Å². The first-order valence-corrected chi connectivity index (χ1v) is 6.72. The van der Waals surface area contributed by atoms with Crippen molar-refractivity contribution in [2.24, 2.45) is 5.73 Å². The van der Waals surface area contributed by atoms with Gasteiger partial charge in [-0.3, -0.25) is 4.90 Å². The molecule has 3 nitrogen and oxygen atoms in total. The Morgan fingerprint density at radius 1 is 1.56 bits per heavy atom. The van der Waals surface area contributed by atoms with Crippen molar-refractivity contribution < 1.29 is 4.42 Å². The van der Waals surface area contributed by atoms with Crippen LogP contribution >= 0.6 is 15.9 Å². The molecule has 2 N–H and O–H groups in total. The SMILES string of the molecule is CC(c1ccc(Br)o1)N1CCCCC1CN. The molecular weight excluding hydrogens is 268 g/mol. The second-order valence-corrected chi connectivity index (χ2v) is 5.22. The predicted molar refractivity (Wildman–Crippen MR) is 68.2 cm³/mol. The molecule has 1 aliphatic heterocycles. The number of rotatable bonds is 3. The maximum Gasteiger partial charge on any atom is 0.169 e. The first-order chi connectivity index (χ1) is 7.72. The largest absolute Gasteiger partial charge is 0.453 e. The van der Waals surface area contributed by atoms with Gasteiger partial charge in [0.15, 0.2) is 4.67 Å². The number of nitrogens with two attached hydrogens (primary N) is 1. The molecule has 1 saturated heterocycles. The Bertz CT molecular complexity index is 340. The predicted octanol–water partition coefficient (Wildman–Crippen LogP) is 2.92. The number of likely N-dealkylation sites (tertiary alicyclic amines) is 1. The van der Waals surface area contributed by atoms with Gasteiger partial charge in [-0.15, -0.1) is 0 Å². The van der Waals surface area contributed by atoms with Gasteiger partial charge >= 0.3 is 0 Å². The van der Waals surface area contributed by atoms with Crippen LogP contribution in [0.3, 0.4) is 0 Å². The summed E-state index contributed by atoms with van der Waals surface area (Å²) >= 11 is 3.35. The van der Waals surface area contributed by atoms with Crippen LogP contribution in [-0.2, 0) is 0 Å². The van der Waals surface area contributed by atoms with E-state index in [-0.39, 0.29) is 0 Å². The molecule has 2 atom stereocenters. The van der Waals surface area contributed by atoms with Gasteiger partial charge in [0.2, 0.25) is 0 Å². The minimum atomic E-state index is 0.320. The van der Waals surface area contributed by atoms with Crippen LogP contribution in [0.4, 0.5) is 0 Å². The Kier molecular flexibility index (Phi) is 4.05. The van der Waals surface area contributed by atoms with Crippen LogP contribution < -0.4 is 5.73 Å². The average molecular weight is 287 g/mol. The highest BCUT2D eigenvalue weighted by atomic mass is 79.9. The van der Waals surface area contributed by atoms with E-state index in [0.717, 1.165) is 23.5 Å². The van der Waals surface area contributed by atoms with Gasteiger partial charge in [-0.1, -0.05) is 6.42 Å². The summed E-state index contributed by atoms with van der Waals surface area (Å²) in [6.07, 6.45) is 3.78. The Hall–Kier alpha value is -0.320. The fraction of sp³-hybridized carbons (Fsp3) is 0.667. The third-order valence-electron chi connectivity index (χ3n) is 3.45. The van der Waals surface area contributed by atoms with Gasteiger partial charge in [-0.05, 0) is 54.4 Å². The van der Waals surface area contributed by atoms with Crippen LogP contribution in [0.25, 0.3) is 0 Å². The number of furan rings is 1. The first kappa shape index (κ1) is 12.1. The minimum absolute atomic E-state index is 0.320. The maximum absolute atomic E-state index is 5.83. The highest BCUT2D eigenvalue weighted by Gasteiger charge is 2.27. The summed E-state index contributed by atoms with van der Waals surface area (Å²) in [4.78, 5) is 2.47. The molecule has 4 heteroatoms. The van der Waals surface area contributed by atoms with Gasteiger partial charge in [0.05, 0.1) is 6.04 Å². The van der Waals surface area contributed by atoms with Gasteiger partial charge in [-0.2, -0.15) is 0 Å². The van der Waals surface area contributed by atoms with Crippen molar-refractivity contribution in [3.8, 4) is 0 Å². The lowest BCUT2D eigenvalue weighted by molar-refractivity contribution is 0.0951. The summed E-state index contributed by atoms with van der Waals surface area (Å²) in [5.41, 5.74) is 5.83. The lowest BCUT2D eigenvalue weighted by Gasteiger charge is -2.38. The Morgan fingerprint density at radius 2 is 2.38 bits per heavy atom. The third-order valence-corrected chi connectivity index (χ3v) is 3.87. The molecule has 2 unspecified atom stereocenters. The molecule has 0 spiro atoms. The van der Waals surface area contributed by atoms with Crippen molar-refractivity contribution in [2.75, 3.05) is 13.1 Å². The van der Waals surface area contributed by atoms with Crippen LogP contribution in [0, 0.1) is 0 Å². The summed E-state index contributed by atoms with van der Waals surface area (Å²) in [6.45, 7) is 4.06. The number of piperidine rings is 1. The van der Waals surface area contributed by atoms with Gasteiger partial charge < -0.3 is 10.2 Å². The molecule has 0 bridgehead atoms. The number of nitrogens with zero attached hydrogens (tertiary/aromatic N) is 1. The van der Waals surface area contributed by atoms with Crippen molar-refractivity contribution in [2.45, 2.75) is 38.3 Å². The summed E-state index contributed by atoms with van der Waals surface area (Å²) < 4.78 is 6.43. The minimum Gasteiger partial charge on any atom is -0.453 e. The lowest BCUT2D eigenvalue weighted by atomic mass is 9.99. The molecule has 0 saturated carbocycles. The van der Waals surface area contributed by atoms with E-state index < -0.39 is 0 Å². The fourth-order valence-electron chi connectivity index (χ4n) is 2.50. The summed E-state index contributed by atoms with van der Waals surface area (Å²) in [7, 11) is 0. The molecule has 1 aromatic heterocycles. The second-order valence-electron chi connectivity index (χ2n) is 4.44. The van der Waals surface area contributed by atoms with E-state index in [9.17, 15) is 0 Å². The molecule has 1 aliphatic rings. The van der Waals surface area contributed by atoms with E-state index in [0.29, 0.717) is 12.1 Å². The number of hydrogen-bond donors (Lipinski definition) is 1. The van der Waals surface area contributed by atoms with Gasteiger partial charge in [0.25, 0.3) is 0 Å². The highest BCUT2D eigenvalue weighted by Crippen LogP contribution is 2.30. The van der Waals surface area contributed by atoms with Crippen molar-refractivity contribution in [1.29, 1.82) is 0 Å². The van der Waals surface area contributed by atoms with E-state index in [1.165, 1.54) is 19.3 Å². The van der Waals surface area contributed by atoms with E-state index in [2.05, 4.69) is 27.8 Å². The highest BCUT2D eigenvalue weighted by molar-refractivity contribution is 9.10. The summed E-state index contributed by atoms with van der Waals surface area (Å²) in [6, 6.07) is 4.82. The topological polar surface area (TPSA) is 42.4 Å². The van der Waals surface area contributed by atoms with Crippen LogP contribution in [0.2, 0.25) is 0 Å². The number of hydrogen-bond acceptors (Lipinski definition) is 3. The van der Waals surface area contributed by atoms with Gasteiger partial charge in [0, 0.05) is 12.6 Å². The zero-order chi connectivity index (χ0) is 11.5. The van der Waals surface area contributed by atoms with Crippen LogP contribution in [0.15, 0.2) is 21.2 Å². The Labute approximate surface area is 105 Å². The summed E-state index contributed by atoms with van der Waals surface area (Å²) in [5.74, 6) is 1.02. The Morgan fingerprint density at radius 3 is 3.00 bits per heavy atom. The van der Waals surface area contributed by atoms with Gasteiger partial charge in [0.1, 0.15) is 5.76 Å². The van der Waals surface area contributed by atoms with Crippen LogP contribution in [0.1, 0.15) is 38.0 Å². The maximum atomic E-state index is 5.83. The molecule has 16 heavy (non-hydrogen) atoms. The van der Waals surface area contributed by atoms with E-state index in [4.69, 9.17) is 10.2 Å². The van der Waals surface area contributed by atoms with Crippen molar-refractivity contribution >= 4 is 15.9 Å². The van der Waals surface area contributed by atoms with Crippen LogP contribution in [-0.4, -0.2) is 24.0 Å². The number of halogens is 1. The van der Waals surface area contributed by atoms with Crippen molar-refractivity contribution in [1.82, 2.24) is 4.90 Å². The van der Waals surface area contributed by atoms with Crippen molar-refractivity contribution in [3.63, 3.8) is 0 Å². The Balaban J connectivity index is 2.10. The third kappa shape index (κ3) is 2.50. The monoisotopic (exact) mass is 286 g/mol. The zero-order valence-corrected chi connectivity index (χ0v) is 11.2. The van der Waals surface area contributed by atoms with E-state index >= 15 is 0 Å².